The second-order valence-electron chi connectivity index (χ2n) is 3.68. The van der Waals surface area contributed by atoms with Gasteiger partial charge in [-0.1, -0.05) is 6.07 Å². The Labute approximate surface area is 110 Å². The summed E-state index contributed by atoms with van der Waals surface area (Å²) in [6.45, 7) is 0. The monoisotopic (exact) mass is 253 g/mol. The van der Waals surface area contributed by atoms with Gasteiger partial charge in [-0.15, -0.1) is 0 Å². The maximum atomic E-state index is 11.4. The standard InChI is InChI=1S/C14H11N3O2/c1-16-14(18)12-3-2-4-13(17-12)19-11-7-5-10(9-15)6-8-11/h2-8H,1H3,(H,16,18). The van der Waals surface area contributed by atoms with E-state index < -0.39 is 0 Å². The summed E-state index contributed by atoms with van der Waals surface area (Å²) < 4.78 is 5.51. The van der Waals surface area contributed by atoms with E-state index in [1.54, 1.807) is 42.5 Å². The number of hydrogen-bond donors (Lipinski definition) is 1. The summed E-state index contributed by atoms with van der Waals surface area (Å²) in [5.74, 6) is 0.608. The molecule has 5 nitrogen and oxygen atoms in total. The molecule has 1 N–H and O–H groups in total. The van der Waals surface area contributed by atoms with Crippen molar-refractivity contribution in [2.75, 3.05) is 7.05 Å². The minimum Gasteiger partial charge on any atom is -0.439 e. The van der Waals surface area contributed by atoms with E-state index in [9.17, 15) is 4.79 Å². The highest BCUT2D eigenvalue weighted by Crippen LogP contribution is 2.19. The van der Waals surface area contributed by atoms with Gasteiger partial charge in [0.15, 0.2) is 0 Å². The van der Waals surface area contributed by atoms with E-state index in [2.05, 4.69) is 10.3 Å². The Kier molecular flexibility index (Phi) is 3.74. The van der Waals surface area contributed by atoms with Gasteiger partial charge in [-0.25, -0.2) is 4.98 Å². The Bertz CT molecular complexity index is 630. The molecule has 0 saturated heterocycles. The van der Waals surface area contributed by atoms with Crippen LogP contribution in [0.15, 0.2) is 42.5 Å². The number of benzene rings is 1. The third kappa shape index (κ3) is 3.07. The summed E-state index contributed by atoms with van der Waals surface area (Å²) in [4.78, 5) is 15.5. The molecule has 0 fully saturated rings. The summed E-state index contributed by atoms with van der Waals surface area (Å²) in [5.41, 5.74) is 0.841. The van der Waals surface area contributed by atoms with Crippen LogP contribution in [0.1, 0.15) is 16.1 Å². The second kappa shape index (κ2) is 5.65. The summed E-state index contributed by atoms with van der Waals surface area (Å²) >= 11 is 0. The van der Waals surface area contributed by atoms with E-state index in [0.717, 1.165) is 0 Å². The quantitative estimate of drug-likeness (QED) is 0.908. The van der Waals surface area contributed by atoms with Crippen molar-refractivity contribution in [3.63, 3.8) is 0 Å². The van der Waals surface area contributed by atoms with Crippen molar-refractivity contribution in [2.45, 2.75) is 0 Å². The van der Waals surface area contributed by atoms with E-state index in [1.807, 2.05) is 6.07 Å². The number of hydrogen-bond acceptors (Lipinski definition) is 4. The first kappa shape index (κ1) is 12.6. The lowest BCUT2D eigenvalue weighted by Crippen LogP contribution is -2.19. The van der Waals surface area contributed by atoms with E-state index in [4.69, 9.17) is 10.00 Å². The number of carbonyl (C=O) groups excluding carboxylic acids is 1. The minimum atomic E-state index is -0.273. The van der Waals surface area contributed by atoms with Gasteiger partial charge in [0, 0.05) is 13.1 Å². The zero-order chi connectivity index (χ0) is 13.7. The Balaban J connectivity index is 2.18. The molecule has 2 aromatic rings. The maximum absolute atomic E-state index is 11.4. The number of carbonyl (C=O) groups is 1. The van der Waals surface area contributed by atoms with E-state index in [0.29, 0.717) is 17.2 Å². The van der Waals surface area contributed by atoms with Crippen LogP contribution in [0.3, 0.4) is 0 Å². The maximum Gasteiger partial charge on any atom is 0.269 e. The Morgan fingerprint density at radius 2 is 2.00 bits per heavy atom. The number of amides is 1. The molecular formula is C14H11N3O2. The topological polar surface area (TPSA) is 75.0 Å². The molecule has 0 aliphatic heterocycles. The highest BCUT2D eigenvalue weighted by molar-refractivity contribution is 5.92. The number of ether oxygens (including phenoxy) is 1. The normalized spacial score (nSPS) is 9.47. The number of aromatic nitrogens is 1. The first-order chi connectivity index (χ1) is 9.22. The molecule has 1 aromatic carbocycles. The van der Waals surface area contributed by atoms with E-state index >= 15 is 0 Å². The van der Waals surface area contributed by atoms with Crippen molar-refractivity contribution in [3.05, 3.63) is 53.7 Å². The highest BCUT2D eigenvalue weighted by Gasteiger charge is 2.06. The molecule has 94 valence electrons. The molecule has 19 heavy (non-hydrogen) atoms. The number of rotatable bonds is 3. The van der Waals surface area contributed by atoms with E-state index in [-0.39, 0.29) is 11.6 Å². The van der Waals surface area contributed by atoms with Crippen LogP contribution in [0.5, 0.6) is 11.6 Å². The molecule has 2 rings (SSSR count). The van der Waals surface area contributed by atoms with Crippen LogP contribution in [0.25, 0.3) is 0 Å². The number of pyridine rings is 1. The molecule has 5 heteroatoms. The largest absolute Gasteiger partial charge is 0.439 e. The molecule has 0 unspecified atom stereocenters. The van der Waals surface area contributed by atoms with Gasteiger partial charge < -0.3 is 10.1 Å². The molecule has 0 aliphatic rings. The van der Waals surface area contributed by atoms with Gasteiger partial charge >= 0.3 is 0 Å². The highest BCUT2D eigenvalue weighted by atomic mass is 16.5. The van der Waals surface area contributed by atoms with Crippen LogP contribution in [0.4, 0.5) is 0 Å². The van der Waals surface area contributed by atoms with Crippen LogP contribution >= 0.6 is 0 Å². The molecule has 0 atom stereocenters. The summed E-state index contributed by atoms with van der Waals surface area (Å²) in [6.07, 6.45) is 0. The van der Waals surface area contributed by atoms with Crippen molar-refractivity contribution in [2.24, 2.45) is 0 Å². The lowest BCUT2D eigenvalue weighted by molar-refractivity contribution is 0.0957. The fourth-order valence-corrected chi connectivity index (χ4v) is 1.44. The van der Waals surface area contributed by atoms with Gasteiger partial charge in [0.25, 0.3) is 5.91 Å². The van der Waals surface area contributed by atoms with Crippen LogP contribution in [-0.4, -0.2) is 17.9 Å². The number of nitrogens with zero attached hydrogens (tertiary/aromatic N) is 2. The average molecular weight is 253 g/mol. The molecular weight excluding hydrogens is 242 g/mol. The van der Waals surface area contributed by atoms with Gasteiger partial charge in [-0.2, -0.15) is 5.26 Å². The van der Waals surface area contributed by atoms with Gasteiger partial charge in [-0.3, -0.25) is 4.79 Å². The predicted molar refractivity (Wildman–Crippen MR) is 68.9 cm³/mol. The third-order valence-electron chi connectivity index (χ3n) is 2.39. The molecule has 0 bridgehead atoms. The smallest absolute Gasteiger partial charge is 0.269 e. The van der Waals surface area contributed by atoms with Crippen molar-refractivity contribution in [3.8, 4) is 17.7 Å². The van der Waals surface area contributed by atoms with Crippen LogP contribution in [-0.2, 0) is 0 Å². The Hall–Kier alpha value is -2.87. The van der Waals surface area contributed by atoms with Crippen LogP contribution < -0.4 is 10.1 Å². The van der Waals surface area contributed by atoms with Crippen LogP contribution in [0.2, 0.25) is 0 Å². The molecule has 1 heterocycles. The molecule has 0 aliphatic carbocycles. The van der Waals surface area contributed by atoms with Gasteiger partial charge in [0.2, 0.25) is 5.88 Å². The Morgan fingerprint density at radius 3 is 2.63 bits per heavy atom. The van der Waals surface area contributed by atoms with Crippen molar-refractivity contribution >= 4 is 5.91 Å². The van der Waals surface area contributed by atoms with Gasteiger partial charge in [0.05, 0.1) is 11.6 Å². The first-order valence-corrected chi connectivity index (χ1v) is 5.60. The lowest BCUT2D eigenvalue weighted by atomic mass is 10.2. The SMILES string of the molecule is CNC(=O)c1cccc(Oc2ccc(C#N)cc2)n1. The molecule has 1 amide bonds. The van der Waals surface area contributed by atoms with Gasteiger partial charge in [-0.05, 0) is 30.3 Å². The fourth-order valence-electron chi connectivity index (χ4n) is 1.44. The molecule has 0 radical (unpaired) electrons. The summed E-state index contributed by atoms with van der Waals surface area (Å²) in [6, 6.07) is 13.6. The second-order valence-corrected chi connectivity index (χ2v) is 3.68. The zero-order valence-corrected chi connectivity index (χ0v) is 10.3. The summed E-state index contributed by atoms with van der Waals surface area (Å²) in [5, 5.41) is 11.2. The predicted octanol–water partition coefficient (Wildman–Crippen LogP) is 2.11. The minimum absolute atomic E-state index is 0.273. The molecule has 0 saturated carbocycles. The van der Waals surface area contributed by atoms with Crippen LogP contribution in [0, 0.1) is 11.3 Å². The average Bonchev–Trinajstić information content (AvgIpc) is 2.47. The number of nitriles is 1. The zero-order valence-electron chi connectivity index (χ0n) is 10.3. The van der Waals surface area contributed by atoms with Crippen molar-refractivity contribution < 1.29 is 9.53 Å². The Morgan fingerprint density at radius 1 is 1.26 bits per heavy atom. The molecule has 1 aromatic heterocycles. The third-order valence-corrected chi connectivity index (χ3v) is 2.39. The van der Waals surface area contributed by atoms with Crippen molar-refractivity contribution in [1.29, 1.82) is 5.26 Å². The fraction of sp³-hybridized carbons (Fsp3) is 0.0714. The molecule has 0 spiro atoms. The first-order valence-electron chi connectivity index (χ1n) is 5.60. The number of nitrogens with one attached hydrogen (secondary N) is 1. The van der Waals surface area contributed by atoms with E-state index in [1.165, 1.54) is 7.05 Å². The van der Waals surface area contributed by atoms with Gasteiger partial charge in [0.1, 0.15) is 11.4 Å². The summed E-state index contributed by atoms with van der Waals surface area (Å²) in [7, 11) is 1.54. The van der Waals surface area contributed by atoms with Crippen molar-refractivity contribution in [1.82, 2.24) is 10.3 Å². The lowest BCUT2D eigenvalue weighted by Gasteiger charge is -2.06.